The summed E-state index contributed by atoms with van der Waals surface area (Å²) in [5, 5.41) is 3.52. The Morgan fingerprint density at radius 2 is 1.59 bits per heavy atom. The number of imide groups is 1. The van der Waals surface area contributed by atoms with Crippen LogP contribution in [-0.2, 0) is 11.2 Å². The van der Waals surface area contributed by atoms with Gasteiger partial charge in [-0.15, -0.1) is 0 Å². The second-order valence-electron chi connectivity index (χ2n) is 10.0. The Hall–Kier alpha value is -4.52. The average Bonchev–Trinajstić information content (AvgIpc) is 3.70. The molecular formula is C30H24N4O3. The van der Waals surface area contributed by atoms with Crippen LogP contribution in [0, 0.1) is 5.92 Å². The summed E-state index contributed by atoms with van der Waals surface area (Å²) >= 11 is 0. The molecule has 4 heterocycles. The summed E-state index contributed by atoms with van der Waals surface area (Å²) in [5.41, 5.74) is 4.83. The van der Waals surface area contributed by atoms with Gasteiger partial charge in [-0.25, -0.2) is 0 Å². The third-order valence-corrected chi connectivity index (χ3v) is 8.01. The van der Waals surface area contributed by atoms with Crippen molar-refractivity contribution < 1.29 is 14.4 Å². The molecule has 0 aromatic heterocycles. The predicted molar refractivity (Wildman–Crippen MR) is 142 cm³/mol. The van der Waals surface area contributed by atoms with Crippen molar-refractivity contribution >= 4 is 40.9 Å². The number of rotatable bonds is 4. The van der Waals surface area contributed by atoms with Gasteiger partial charge in [0.15, 0.2) is 0 Å². The van der Waals surface area contributed by atoms with Crippen molar-refractivity contribution in [3.05, 3.63) is 101 Å². The van der Waals surface area contributed by atoms with Crippen LogP contribution in [-0.4, -0.2) is 54.0 Å². The van der Waals surface area contributed by atoms with Gasteiger partial charge in [0, 0.05) is 43.0 Å². The van der Waals surface area contributed by atoms with Crippen LogP contribution < -0.4 is 10.2 Å². The highest BCUT2D eigenvalue weighted by atomic mass is 16.2. The summed E-state index contributed by atoms with van der Waals surface area (Å²) in [4.78, 5) is 47.9. The highest BCUT2D eigenvalue weighted by Crippen LogP contribution is 2.44. The van der Waals surface area contributed by atoms with Crippen molar-refractivity contribution in [2.24, 2.45) is 10.9 Å². The lowest BCUT2D eigenvalue weighted by molar-refractivity contribution is -0.121. The maximum absolute atomic E-state index is 14.1. The number of amides is 3. The lowest BCUT2D eigenvalue weighted by Crippen LogP contribution is -2.52. The molecule has 7 nitrogen and oxygen atoms in total. The van der Waals surface area contributed by atoms with Crippen LogP contribution in [0.3, 0.4) is 0 Å². The molecule has 7 heteroatoms. The van der Waals surface area contributed by atoms with Gasteiger partial charge in [0.25, 0.3) is 17.7 Å². The minimum atomic E-state index is -0.932. The van der Waals surface area contributed by atoms with Gasteiger partial charge in [-0.05, 0) is 47.0 Å². The lowest BCUT2D eigenvalue weighted by atomic mass is 9.83. The first kappa shape index (κ1) is 21.7. The summed E-state index contributed by atoms with van der Waals surface area (Å²) in [7, 11) is 0. The molecule has 1 saturated heterocycles. The maximum Gasteiger partial charge on any atom is 0.261 e. The Kier molecular flexibility index (Phi) is 4.70. The first-order valence-electron chi connectivity index (χ1n) is 12.5. The van der Waals surface area contributed by atoms with E-state index >= 15 is 0 Å². The number of nitrogens with zero attached hydrogens (tertiary/aromatic N) is 3. The van der Waals surface area contributed by atoms with E-state index in [4.69, 9.17) is 0 Å². The highest BCUT2D eigenvalue weighted by Gasteiger charge is 2.58. The number of anilines is 2. The van der Waals surface area contributed by atoms with E-state index < -0.39 is 5.54 Å². The van der Waals surface area contributed by atoms with Crippen LogP contribution in [0.1, 0.15) is 31.8 Å². The van der Waals surface area contributed by atoms with Crippen LogP contribution in [0.2, 0.25) is 0 Å². The molecule has 7 rings (SSSR count). The predicted octanol–water partition coefficient (Wildman–Crippen LogP) is 3.82. The molecule has 37 heavy (non-hydrogen) atoms. The number of hydrogen-bond acceptors (Lipinski definition) is 5. The molecule has 0 saturated carbocycles. The zero-order valence-corrected chi connectivity index (χ0v) is 20.1. The van der Waals surface area contributed by atoms with Crippen LogP contribution in [0.5, 0.6) is 0 Å². The third-order valence-electron chi connectivity index (χ3n) is 8.01. The SMILES string of the molecule is O=C1c2ccccc2C(=O)N1CC1CN(c2ccc(C3=CCN=C3)cc2)C(=O)C12Cc1ccccc1N2. The van der Waals surface area contributed by atoms with Gasteiger partial charge in [-0.1, -0.05) is 48.5 Å². The molecule has 0 radical (unpaired) electrons. The monoisotopic (exact) mass is 488 g/mol. The molecule has 2 unspecified atom stereocenters. The molecule has 1 N–H and O–H groups in total. The van der Waals surface area contributed by atoms with Gasteiger partial charge in [0.05, 0.1) is 17.7 Å². The van der Waals surface area contributed by atoms with Crippen molar-refractivity contribution in [3.8, 4) is 0 Å². The Labute approximate surface area is 214 Å². The van der Waals surface area contributed by atoms with Gasteiger partial charge in [-0.3, -0.25) is 24.3 Å². The maximum atomic E-state index is 14.1. The van der Waals surface area contributed by atoms with Crippen molar-refractivity contribution in [2.45, 2.75) is 12.0 Å². The summed E-state index contributed by atoms with van der Waals surface area (Å²) in [6, 6.07) is 22.8. The van der Waals surface area contributed by atoms with Crippen LogP contribution in [0.4, 0.5) is 11.4 Å². The van der Waals surface area contributed by atoms with Crippen LogP contribution >= 0.6 is 0 Å². The number of para-hydroxylation sites is 1. The zero-order chi connectivity index (χ0) is 25.1. The Morgan fingerprint density at radius 1 is 0.892 bits per heavy atom. The van der Waals surface area contributed by atoms with Gasteiger partial charge in [0.2, 0.25) is 0 Å². The largest absolute Gasteiger partial charge is 0.370 e. The smallest absolute Gasteiger partial charge is 0.261 e. The number of fused-ring (bicyclic) bond motifs is 2. The third kappa shape index (κ3) is 3.20. The number of allylic oxidation sites excluding steroid dienone is 1. The van der Waals surface area contributed by atoms with Gasteiger partial charge < -0.3 is 10.2 Å². The van der Waals surface area contributed by atoms with E-state index in [1.54, 1.807) is 29.2 Å². The van der Waals surface area contributed by atoms with Gasteiger partial charge >= 0.3 is 0 Å². The number of hydrogen-bond donors (Lipinski definition) is 1. The molecule has 4 aliphatic heterocycles. The normalized spacial score (nSPS) is 23.6. The zero-order valence-electron chi connectivity index (χ0n) is 20.1. The quantitative estimate of drug-likeness (QED) is 0.566. The fourth-order valence-electron chi connectivity index (χ4n) is 6.07. The highest BCUT2D eigenvalue weighted by molar-refractivity contribution is 6.21. The number of carbonyl (C=O) groups excluding carboxylic acids is 3. The molecule has 3 aromatic rings. The van der Waals surface area contributed by atoms with E-state index in [0.717, 1.165) is 28.1 Å². The standard InChI is InChI=1S/C30H24N4O3/c35-27-24-6-2-3-7-25(24)28(36)34(27)18-22-17-33(23-11-9-19(10-12-23)21-13-14-31-16-21)29(37)30(22)15-20-5-1-4-8-26(20)32-30/h1-13,16,22,32H,14-15,17-18H2. The molecule has 0 bridgehead atoms. The fourth-order valence-corrected chi connectivity index (χ4v) is 6.07. The molecular weight excluding hydrogens is 464 g/mol. The summed E-state index contributed by atoms with van der Waals surface area (Å²) in [6.45, 7) is 1.25. The first-order chi connectivity index (χ1) is 18.0. The number of aliphatic imine (C=N–C) groups is 1. The van der Waals surface area contributed by atoms with Crippen molar-refractivity contribution in [3.63, 3.8) is 0 Å². The van der Waals surface area contributed by atoms with Crippen molar-refractivity contribution in [2.75, 3.05) is 29.9 Å². The van der Waals surface area contributed by atoms with Gasteiger partial charge in [0.1, 0.15) is 5.54 Å². The Balaban J connectivity index is 1.23. The minimum Gasteiger partial charge on any atom is -0.370 e. The average molecular weight is 489 g/mol. The van der Waals surface area contributed by atoms with E-state index in [2.05, 4.69) is 16.4 Å². The lowest BCUT2D eigenvalue weighted by Gasteiger charge is -2.31. The van der Waals surface area contributed by atoms with Crippen LogP contribution in [0.25, 0.3) is 5.57 Å². The van der Waals surface area contributed by atoms with Crippen molar-refractivity contribution in [1.29, 1.82) is 0 Å². The Morgan fingerprint density at radius 3 is 2.27 bits per heavy atom. The first-order valence-corrected chi connectivity index (χ1v) is 12.5. The second kappa shape index (κ2) is 8.00. The van der Waals surface area contributed by atoms with Gasteiger partial charge in [-0.2, -0.15) is 0 Å². The Bertz CT molecular complexity index is 1480. The van der Waals surface area contributed by atoms with E-state index in [1.807, 2.05) is 54.7 Å². The van der Waals surface area contributed by atoms with E-state index in [1.165, 1.54) is 4.90 Å². The topological polar surface area (TPSA) is 82.1 Å². The van der Waals surface area contributed by atoms with Crippen LogP contribution in [0.15, 0.2) is 83.9 Å². The molecule has 1 fully saturated rings. The molecule has 2 atom stereocenters. The molecule has 3 amide bonds. The second-order valence-corrected chi connectivity index (χ2v) is 10.0. The summed E-state index contributed by atoms with van der Waals surface area (Å²) < 4.78 is 0. The molecule has 3 aromatic carbocycles. The number of carbonyl (C=O) groups is 3. The molecule has 0 aliphatic carbocycles. The van der Waals surface area contributed by atoms with Crippen molar-refractivity contribution in [1.82, 2.24) is 4.90 Å². The molecule has 182 valence electrons. The van der Waals surface area contributed by atoms with E-state index in [9.17, 15) is 14.4 Å². The fraction of sp³-hybridized carbons (Fsp3) is 0.200. The van der Waals surface area contributed by atoms with E-state index in [-0.39, 0.29) is 30.2 Å². The summed E-state index contributed by atoms with van der Waals surface area (Å²) in [6.07, 6.45) is 4.44. The summed E-state index contributed by atoms with van der Waals surface area (Å²) in [5.74, 6) is -0.931. The molecule has 1 spiro atoms. The number of nitrogens with one attached hydrogen (secondary N) is 1. The van der Waals surface area contributed by atoms with E-state index in [0.29, 0.717) is 30.6 Å². The minimum absolute atomic E-state index is 0.0419. The number of benzene rings is 3. The molecule has 4 aliphatic rings.